The second-order valence-corrected chi connectivity index (χ2v) is 8.30. The third-order valence-corrected chi connectivity index (χ3v) is 5.21. The lowest BCUT2D eigenvalue weighted by molar-refractivity contribution is -0.122. The Morgan fingerprint density at radius 1 is 1.22 bits per heavy atom. The molecule has 1 aliphatic rings. The molecule has 1 amide bonds. The van der Waals surface area contributed by atoms with Crippen LogP contribution in [0.3, 0.4) is 0 Å². The van der Waals surface area contributed by atoms with E-state index >= 15 is 0 Å². The highest BCUT2D eigenvalue weighted by Crippen LogP contribution is 2.36. The van der Waals surface area contributed by atoms with Crippen LogP contribution in [0.25, 0.3) is 6.08 Å². The van der Waals surface area contributed by atoms with Crippen LogP contribution in [0.1, 0.15) is 25.0 Å². The molecule has 6 heteroatoms. The summed E-state index contributed by atoms with van der Waals surface area (Å²) in [5, 5.41) is 11.2. The molecule has 1 fully saturated rings. The molecule has 0 spiro atoms. The second-order valence-electron chi connectivity index (χ2n) is 6.85. The minimum absolute atomic E-state index is 0.0830. The minimum atomic E-state index is -0.112. The van der Waals surface area contributed by atoms with Crippen LogP contribution in [0, 0.1) is 12.8 Å². The van der Waals surface area contributed by atoms with E-state index in [1.165, 1.54) is 17.8 Å². The van der Waals surface area contributed by atoms with Gasteiger partial charge in [-0.2, -0.15) is 0 Å². The fourth-order valence-electron chi connectivity index (χ4n) is 2.63. The normalized spacial score (nSPS) is 17.5. The van der Waals surface area contributed by atoms with Crippen LogP contribution in [0.5, 0.6) is 5.75 Å². The molecule has 0 saturated carbocycles. The van der Waals surface area contributed by atoms with Gasteiger partial charge in [-0.1, -0.05) is 43.1 Å². The first kappa shape index (κ1) is 19.5. The molecule has 1 N–H and O–H groups in total. The van der Waals surface area contributed by atoms with Crippen molar-refractivity contribution >= 4 is 46.2 Å². The van der Waals surface area contributed by atoms with E-state index < -0.39 is 0 Å². The zero-order chi connectivity index (χ0) is 19.6. The third kappa shape index (κ3) is 4.73. The Bertz CT molecular complexity index is 920. The van der Waals surface area contributed by atoms with Crippen molar-refractivity contribution < 1.29 is 9.90 Å². The first-order chi connectivity index (χ1) is 12.8. The highest BCUT2D eigenvalue weighted by atomic mass is 35.5. The number of benzene rings is 2. The van der Waals surface area contributed by atoms with Crippen LogP contribution in [0.4, 0.5) is 5.69 Å². The number of hydrogen-bond acceptors (Lipinski definition) is 4. The number of phenolic OH excluding ortho intramolecular Hbond substituents is 1. The molecular formula is C21H21ClN2O2S. The van der Waals surface area contributed by atoms with Gasteiger partial charge in [0.2, 0.25) is 0 Å². The van der Waals surface area contributed by atoms with E-state index in [9.17, 15) is 9.90 Å². The van der Waals surface area contributed by atoms with Gasteiger partial charge in [-0.3, -0.25) is 9.69 Å². The van der Waals surface area contributed by atoms with E-state index in [0.717, 1.165) is 11.3 Å². The summed E-state index contributed by atoms with van der Waals surface area (Å²) in [7, 11) is 0. The number of hydrogen-bond donors (Lipinski definition) is 1. The Kier molecular flexibility index (Phi) is 5.92. The fourth-order valence-corrected chi connectivity index (χ4v) is 3.81. The van der Waals surface area contributed by atoms with E-state index in [4.69, 9.17) is 11.6 Å². The predicted octanol–water partition coefficient (Wildman–Crippen LogP) is 5.61. The maximum Gasteiger partial charge on any atom is 0.266 e. The number of amides is 1. The number of amidine groups is 1. The SMILES string of the molecule is Cc1ccc(N=C2S/C(=C/c3cc(Cl)ccc3O)C(=O)N2CC(C)C)cc1. The van der Waals surface area contributed by atoms with Crippen molar-refractivity contribution in [3.63, 3.8) is 0 Å². The lowest BCUT2D eigenvalue weighted by Gasteiger charge is -2.17. The van der Waals surface area contributed by atoms with Gasteiger partial charge in [0.15, 0.2) is 5.17 Å². The van der Waals surface area contributed by atoms with E-state index in [-0.39, 0.29) is 11.7 Å². The van der Waals surface area contributed by atoms with Gasteiger partial charge < -0.3 is 5.11 Å². The van der Waals surface area contributed by atoms with Crippen LogP contribution in [-0.2, 0) is 4.79 Å². The van der Waals surface area contributed by atoms with Crippen LogP contribution in [-0.4, -0.2) is 27.6 Å². The smallest absolute Gasteiger partial charge is 0.266 e. The fraction of sp³-hybridized carbons (Fsp3) is 0.238. The van der Waals surface area contributed by atoms with Crippen molar-refractivity contribution in [1.82, 2.24) is 4.90 Å². The summed E-state index contributed by atoms with van der Waals surface area (Å²) in [5.74, 6) is 0.273. The maximum absolute atomic E-state index is 12.9. The van der Waals surface area contributed by atoms with Gasteiger partial charge in [-0.05, 0) is 61.0 Å². The zero-order valence-corrected chi connectivity index (χ0v) is 17.0. The average Bonchev–Trinajstić information content (AvgIpc) is 2.88. The standard InChI is InChI=1S/C21H21ClN2O2S/c1-13(2)12-24-20(26)19(11-15-10-16(22)6-9-18(15)25)27-21(24)23-17-7-4-14(3)5-8-17/h4-11,13,25H,12H2,1-3H3/b19-11+,23-21?. The third-order valence-electron chi connectivity index (χ3n) is 3.97. The van der Waals surface area contributed by atoms with Crippen LogP contribution in [0.2, 0.25) is 5.02 Å². The van der Waals surface area contributed by atoms with Crippen LogP contribution in [0.15, 0.2) is 52.4 Å². The highest BCUT2D eigenvalue weighted by molar-refractivity contribution is 8.18. The molecule has 27 heavy (non-hydrogen) atoms. The van der Waals surface area contributed by atoms with Crippen molar-refractivity contribution in [2.24, 2.45) is 10.9 Å². The first-order valence-corrected chi connectivity index (χ1v) is 9.88. The predicted molar refractivity (Wildman–Crippen MR) is 114 cm³/mol. The summed E-state index contributed by atoms with van der Waals surface area (Å²) >= 11 is 7.33. The Hall–Kier alpha value is -2.24. The maximum atomic E-state index is 12.9. The number of carbonyl (C=O) groups is 1. The van der Waals surface area contributed by atoms with Crippen LogP contribution < -0.4 is 0 Å². The molecule has 2 aromatic rings. The number of carbonyl (C=O) groups excluding carboxylic acids is 1. The molecule has 2 aromatic carbocycles. The number of aliphatic imine (C=N–C) groups is 1. The van der Waals surface area contributed by atoms with Crippen molar-refractivity contribution in [2.75, 3.05) is 6.54 Å². The molecule has 3 rings (SSSR count). The molecule has 0 aromatic heterocycles. The molecule has 0 aliphatic carbocycles. The molecule has 0 radical (unpaired) electrons. The number of thioether (sulfide) groups is 1. The quantitative estimate of drug-likeness (QED) is 0.678. The van der Waals surface area contributed by atoms with Gasteiger partial charge in [-0.15, -0.1) is 0 Å². The van der Waals surface area contributed by atoms with E-state index in [1.807, 2.05) is 31.2 Å². The largest absolute Gasteiger partial charge is 0.507 e. The Morgan fingerprint density at radius 3 is 2.59 bits per heavy atom. The van der Waals surface area contributed by atoms with Gasteiger partial charge in [0.1, 0.15) is 5.75 Å². The van der Waals surface area contributed by atoms with Crippen molar-refractivity contribution in [3.05, 3.63) is 63.5 Å². The molecule has 1 saturated heterocycles. The van der Waals surface area contributed by atoms with Crippen molar-refractivity contribution in [3.8, 4) is 5.75 Å². The number of phenols is 1. The van der Waals surface area contributed by atoms with E-state index in [1.54, 1.807) is 23.1 Å². The van der Waals surface area contributed by atoms with E-state index in [2.05, 4.69) is 18.8 Å². The number of aromatic hydroxyl groups is 1. The number of aryl methyl sites for hydroxylation is 1. The topological polar surface area (TPSA) is 52.9 Å². The lowest BCUT2D eigenvalue weighted by Crippen LogP contribution is -2.32. The average molecular weight is 401 g/mol. The molecular weight excluding hydrogens is 380 g/mol. The lowest BCUT2D eigenvalue weighted by atomic mass is 10.1. The second kappa shape index (κ2) is 8.19. The summed E-state index contributed by atoms with van der Waals surface area (Å²) in [6.07, 6.45) is 1.67. The van der Waals surface area contributed by atoms with E-state index in [0.29, 0.717) is 33.1 Å². The summed E-state index contributed by atoms with van der Waals surface area (Å²) < 4.78 is 0. The number of nitrogens with zero attached hydrogens (tertiary/aromatic N) is 2. The highest BCUT2D eigenvalue weighted by Gasteiger charge is 2.33. The molecule has 0 bridgehead atoms. The van der Waals surface area contributed by atoms with Gasteiger partial charge in [0.25, 0.3) is 5.91 Å². The first-order valence-electron chi connectivity index (χ1n) is 8.69. The van der Waals surface area contributed by atoms with Gasteiger partial charge in [0, 0.05) is 17.1 Å². The summed E-state index contributed by atoms with van der Waals surface area (Å²) in [6, 6.07) is 12.6. The molecule has 1 aliphatic heterocycles. The monoisotopic (exact) mass is 400 g/mol. The summed E-state index contributed by atoms with van der Waals surface area (Å²) in [4.78, 5) is 19.8. The van der Waals surface area contributed by atoms with Crippen molar-refractivity contribution in [2.45, 2.75) is 20.8 Å². The molecule has 140 valence electrons. The summed E-state index contributed by atoms with van der Waals surface area (Å²) in [5.41, 5.74) is 2.47. The van der Waals surface area contributed by atoms with Gasteiger partial charge in [0.05, 0.1) is 10.6 Å². The molecule has 0 unspecified atom stereocenters. The number of halogens is 1. The van der Waals surface area contributed by atoms with Crippen LogP contribution >= 0.6 is 23.4 Å². The summed E-state index contributed by atoms with van der Waals surface area (Å²) in [6.45, 7) is 6.72. The minimum Gasteiger partial charge on any atom is -0.507 e. The Labute approximate surface area is 168 Å². The molecule has 4 nitrogen and oxygen atoms in total. The van der Waals surface area contributed by atoms with Gasteiger partial charge in [-0.25, -0.2) is 4.99 Å². The van der Waals surface area contributed by atoms with Gasteiger partial charge >= 0.3 is 0 Å². The molecule has 0 atom stereocenters. The Balaban J connectivity index is 1.98. The van der Waals surface area contributed by atoms with Crippen molar-refractivity contribution in [1.29, 1.82) is 0 Å². The molecule has 1 heterocycles. The Morgan fingerprint density at radius 2 is 1.93 bits per heavy atom. The number of rotatable bonds is 4. The zero-order valence-electron chi connectivity index (χ0n) is 15.4.